The molecule has 1 N–H and O–H groups in total. The first-order valence-corrected chi connectivity index (χ1v) is 7.12. The molecule has 1 fully saturated rings. The van der Waals surface area contributed by atoms with Crippen molar-refractivity contribution in [1.29, 1.82) is 0 Å². The summed E-state index contributed by atoms with van der Waals surface area (Å²) in [6.07, 6.45) is 1.54. The molecule has 2 heterocycles. The lowest BCUT2D eigenvalue weighted by Crippen LogP contribution is -2.51. The maximum atomic E-state index is 12.7. The van der Waals surface area contributed by atoms with Crippen LogP contribution in [-0.2, 0) is 0 Å². The molecule has 7 nitrogen and oxygen atoms in total. The number of carbonyl (C=O) groups is 1. The smallest absolute Gasteiger partial charge is 0.278 e. The Kier molecular flexibility index (Phi) is 5.12. The number of non-ortho nitro benzene ring substituents is 1. The summed E-state index contributed by atoms with van der Waals surface area (Å²) in [7, 11) is 0. The molecule has 1 amide bonds. The van der Waals surface area contributed by atoms with Crippen LogP contribution in [0.5, 0.6) is 0 Å². The fourth-order valence-corrected chi connectivity index (χ4v) is 2.78. The van der Waals surface area contributed by atoms with Gasteiger partial charge in [0.1, 0.15) is 0 Å². The van der Waals surface area contributed by atoms with Gasteiger partial charge in [-0.1, -0.05) is 0 Å². The minimum absolute atomic E-state index is 0. The Hall–Kier alpha value is -2.25. The maximum Gasteiger partial charge on any atom is 0.278 e. The van der Waals surface area contributed by atoms with E-state index in [2.05, 4.69) is 10.3 Å². The number of nitro groups is 1. The van der Waals surface area contributed by atoms with Gasteiger partial charge in [-0.15, -0.1) is 12.4 Å². The van der Waals surface area contributed by atoms with Gasteiger partial charge in [-0.2, -0.15) is 0 Å². The predicted octanol–water partition coefficient (Wildman–Crippen LogP) is 2.00. The number of hydrogen-bond donors (Lipinski definition) is 1. The van der Waals surface area contributed by atoms with Crippen molar-refractivity contribution in [3.63, 3.8) is 0 Å². The van der Waals surface area contributed by atoms with Gasteiger partial charge in [0.05, 0.1) is 21.4 Å². The minimum Gasteiger partial charge on any atom is -0.336 e. The second-order valence-electron chi connectivity index (χ2n) is 5.40. The Labute approximate surface area is 139 Å². The van der Waals surface area contributed by atoms with Gasteiger partial charge in [0.25, 0.3) is 11.6 Å². The summed E-state index contributed by atoms with van der Waals surface area (Å²) in [5.41, 5.74) is 0.761. The summed E-state index contributed by atoms with van der Waals surface area (Å²) >= 11 is 0. The first kappa shape index (κ1) is 17.1. The quantitative estimate of drug-likeness (QED) is 0.669. The number of nitrogens with zero attached hydrogens (tertiary/aromatic N) is 3. The molecule has 0 unspecified atom stereocenters. The molecule has 8 heteroatoms. The van der Waals surface area contributed by atoms with E-state index in [1.807, 2.05) is 6.92 Å². The highest BCUT2D eigenvalue weighted by Gasteiger charge is 2.25. The van der Waals surface area contributed by atoms with Crippen molar-refractivity contribution < 1.29 is 9.72 Å². The molecule has 0 bridgehead atoms. The number of pyridine rings is 1. The average Bonchev–Trinajstić information content (AvgIpc) is 2.53. The fraction of sp³-hybridized carbons (Fsp3) is 0.333. The fourth-order valence-electron chi connectivity index (χ4n) is 2.78. The molecule has 122 valence electrons. The molecule has 1 atom stereocenters. The monoisotopic (exact) mass is 336 g/mol. The van der Waals surface area contributed by atoms with E-state index in [0.717, 1.165) is 6.54 Å². The molecule has 0 saturated carbocycles. The number of halogens is 1. The third-order valence-corrected chi connectivity index (χ3v) is 3.83. The van der Waals surface area contributed by atoms with Crippen LogP contribution in [0.2, 0.25) is 0 Å². The third kappa shape index (κ3) is 3.25. The second kappa shape index (κ2) is 6.89. The first-order chi connectivity index (χ1) is 10.6. The lowest BCUT2D eigenvalue weighted by Gasteiger charge is -2.32. The Morgan fingerprint density at radius 1 is 1.43 bits per heavy atom. The molecule has 1 aliphatic heterocycles. The number of aromatic nitrogens is 1. The molecule has 2 aromatic rings. The summed E-state index contributed by atoms with van der Waals surface area (Å²) in [6.45, 7) is 4.00. The van der Waals surface area contributed by atoms with Crippen molar-refractivity contribution in [3.05, 3.63) is 46.1 Å². The first-order valence-electron chi connectivity index (χ1n) is 7.12. The lowest BCUT2D eigenvalue weighted by molar-refractivity contribution is -0.383. The molecular formula is C15H17ClN4O3. The lowest BCUT2D eigenvalue weighted by atomic mass is 10.1. The summed E-state index contributed by atoms with van der Waals surface area (Å²) in [5, 5.41) is 14.8. The van der Waals surface area contributed by atoms with Crippen LogP contribution in [-0.4, -0.2) is 46.4 Å². The molecule has 0 aliphatic carbocycles. The van der Waals surface area contributed by atoms with Gasteiger partial charge >= 0.3 is 0 Å². The molecule has 1 saturated heterocycles. The van der Waals surface area contributed by atoms with E-state index in [-0.39, 0.29) is 30.0 Å². The van der Waals surface area contributed by atoms with E-state index < -0.39 is 4.92 Å². The van der Waals surface area contributed by atoms with E-state index in [4.69, 9.17) is 0 Å². The minimum atomic E-state index is -0.453. The number of carbonyl (C=O) groups excluding carboxylic acids is 1. The van der Waals surface area contributed by atoms with E-state index in [9.17, 15) is 14.9 Å². The molecule has 0 radical (unpaired) electrons. The van der Waals surface area contributed by atoms with Crippen molar-refractivity contribution >= 4 is 34.9 Å². The molecule has 23 heavy (non-hydrogen) atoms. The number of amides is 1. The van der Waals surface area contributed by atoms with Crippen LogP contribution in [0, 0.1) is 10.1 Å². The maximum absolute atomic E-state index is 12.7. The van der Waals surface area contributed by atoms with Gasteiger partial charge in [-0.05, 0) is 25.1 Å². The van der Waals surface area contributed by atoms with Crippen LogP contribution < -0.4 is 5.32 Å². The molecule has 1 aromatic carbocycles. The number of nitro benzene ring substituents is 1. The average molecular weight is 337 g/mol. The van der Waals surface area contributed by atoms with Crippen LogP contribution in [0.15, 0.2) is 30.5 Å². The summed E-state index contributed by atoms with van der Waals surface area (Å²) in [5.74, 6) is -0.132. The van der Waals surface area contributed by atoms with Crippen LogP contribution in [0.25, 0.3) is 10.9 Å². The van der Waals surface area contributed by atoms with Crippen molar-refractivity contribution in [1.82, 2.24) is 15.2 Å². The topological polar surface area (TPSA) is 88.4 Å². The Morgan fingerprint density at radius 2 is 2.22 bits per heavy atom. The van der Waals surface area contributed by atoms with Gasteiger partial charge in [-0.25, -0.2) is 0 Å². The molecule has 3 rings (SSSR count). The summed E-state index contributed by atoms with van der Waals surface area (Å²) < 4.78 is 0. The van der Waals surface area contributed by atoms with E-state index in [1.165, 1.54) is 12.1 Å². The van der Waals surface area contributed by atoms with Crippen LogP contribution >= 0.6 is 12.4 Å². The van der Waals surface area contributed by atoms with Crippen molar-refractivity contribution in [2.45, 2.75) is 13.0 Å². The number of nitrogens with one attached hydrogen (secondary N) is 1. The number of rotatable bonds is 2. The Bertz CT molecular complexity index is 753. The number of fused-ring (bicyclic) bond motifs is 1. The van der Waals surface area contributed by atoms with Crippen LogP contribution in [0.1, 0.15) is 17.3 Å². The predicted molar refractivity (Wildman–Crippen MR) is 89.0 cm³/mol. The zero-order chi connectivity index (χ0) is 15.7. The Balaban J connectivity index is 0.00000192. The number of piperazine rings is 1. The molecule has 1 aromatic heterocycles. The van der Waals surface area contributed by atoms with Crippen LogP contribution in [0.4, 0.5) is 5.69 Å². The summed E-state index contributed by atoms with van der Waals surface area (Å²) in [6, 6.07) is 6.37. The highest BCUT2D eigenvalue weighted by atomic mass is 35.5. The number of hydrogen-bond acceptors (Lipinski definition) is 5. The SMILES string of the molecule is C[C@@H]1CN(C(=O)c2ccc([N+](=O)[O-])c3cccnc23)CCN1.Cl. The largest absolute Gasteiger partial charge is 0.336 e. The van der Waals surface area contributed by atoms with E-state index >= 15 is 0 Å². The normalized spacial score (nSPS) is 17.6. The van der Waals surface area contributed by atoms with Crippen LogP contribution in [0.3, 0.4) is 0 Å². The van der Waals surface area contributed by atoms with Gasteiger partial charge in [-0.3, -0.25) is 19.9 Å². The van der Waals surface area contributed by atoms with Crippen molar-refractivity contribution in [3.8, 4) is 0 Å². The van der Waals surface area contributed by atoms with Crippen molar-refractivity contribution in [2.24, 2.45) is 0 Å². The van der Waals surface area contributed by atoms with Gasteiger partial charge in [0.2, 0.25) is 0 Å². The highest BCUT2D eigenvalue weighted by molar-refractivity contribution is 6.07. The highest BCUT2D eigenvalue weighted by Crippen LogP contribution is 2.27. The zero-order valence-electron chi connectivity index (χ0n) is 12.6. The molecule has 1 aliphatic rings. The number of benzene rings is 1. The molecular weight excluding hydrogens is 320 g/mol. The van der Waals surface area contributed by atoms with Gasteiger partial charge < -0.3 is 10.2 Å². The Morgan fingerprint density at radius 3 is 2.91 bits per heavy atom. The van der Waals surface area contributed by atoms with Gasteiger partial charge in [0.15, 0.2) is 0 Å². The standard InChI is InChI=1S/C15H16N4O3.ClH/c1-10-9-18(8-7-16-10)15(20)12-4-5-13(19(21)22)11-3-2-6-17-14(11)12;/h2-6,10,16H,7-9H2,1H3;1H/t10-;/m1./s1. The van der Waals surface area contributed by atoms with Crippen molar-refractivity contribution in [2.75, 3.05) is 19.6 Å². The van der Waals surface area contributed by atoms with E-state index in [1.54, 1.807) is 23.2 Å². The molecule has 0 spiro atoms. The second-order valence-corrected chi connectivity index (χ2v) is 5.40. The van der Waals surface area contributed by atoms with Gasteiger partial charge in [0, 0.05) is 37.9 Å². The van der Waals surface area contributed by atoms with E-state index in [0.29, 0.717) is 29.6 Å². The third-order valence-electron chi connectivity index (χ3n) is 3.83. The summed E-state index contributed by atoms with van der Waals surface area (Å²) in [4.78, 5) is 29.3. The zero-order valence-corrected chi connectivity index (χ0v) is 13.4.